The molecule has 0 aliphatic carbocycles. The smallest absolute Gasteiger partial charge is 0.119 e. The van der Waals surface area contributed by atoms with E-state index in [2.05, 4.69) is 51.2 Å². The molecule has 3 nitrogen and oxygen atoms in total. The summed E-state index contributed by atoms with van der Waals surface area (Å²) >= 11 is 0. The molecular formula is C20H27NO2. The van der Waals surface area contributed by atoms with Gasteiger partial charge in [0.05, 0.1) is 6.10 Å². The van der Waals surface area contributed by atoms with E-state index < -0.39 is 0 Å². The van der Waals surface area contributed by atoms with Gasteiger partial charge in [0.1, 0.15) is 18.1 Å². The second kappa shape index (κ2) is 8.47. The van der Waals surface area contributed by atoms with E-state index in [4.69, 9.17) is 9.47 Å². The Balaban J connectivity index is 1.75. The molecule has 0 aliphatic heterocycles. The molecule has 0 aliphatic rings. The van der Waals surface area contributed by atoms with Gasteiger partial charge >= 0.3 is 0 Å². The standard InChI is InChI=1S/C20H27NO2/c1-5-17(4)23-19-8-6-18(7-9-19)21-10-11-22-20-13-15(2)12-16(3)14-20/h6-9,12-14,17,21H,5,10-11H2,1-4H3. The second-order valence-electron chi connectivity index (χ2n) is 5.96. The highest BCUT2D eigenvalue weighted by Gasteiger charge is 2.01. The van der Waals surface area contributed by atoms with Gasteiger partial charge in [-0.1, -0.05) is 13.0 Å². The number of aryl methyl sites for hydroxylation is 2. The minimum Gasteiger partial charge on any atom is -0.492 e. The van der Waals surface area contributed by atoms with Crippen molar-refractivity contribution >= 4 is 5.69 Å². The van der Waals surface area contributed by atoms with Crippen molar-refractivity contribution in [1.29, 1.82) is 0 Å². The van der Waals surface area contributed by atoms with Gasteiger partial charge in [-0.25, -0.2) is 0 Å². The number of ether oxygens (including phenoxy) is 2. The third-order valence-corrected chi connectivity index (χ3v) is 3.66. The highest BCUT2D eigenvalue weighted by Crippen LogP contribution is 2.18. The van der Waals surface area contributed by atoms with Crippen LogP contribution >= 0.6 is 0 Å². The molecule has 2 aromatic carbocycles. The highest BCUT2D eigenvalue weighted by atomic mass is 16.5. The van der Waals surface area contributed by atoms with E-state index in [0.717, 1.165) is 30.2 Å². The van der Waals surface area contributed by atoms with Crippen LogP contribution in [0.25, 0.3) is 0 Å². The van der Waals surface area contributed by atoms with Gasteiger partial charge in [0.2, 0.25) is 0 Å². The summed E-state index contributed by atoms with van der Waals surface area (Å²) < 4.78 is 11.6. The van der Waals surface area contributed by atoms with Crippen molar-refractivity contribution in [2.75, 3.05) is 18.5 Å². The maximum absolute atomic E-state index is 5.79. The predicted molar refractivity (Wildman–Crippen MR) is 96.7 cm³/mol. The van der Waals surface area contributed by atoms with E-state index in [9.17, 15) is 0 Å². The van der Waals surface area contributed by atoms with Crippen LogP contribution in [-0.2, 0) is 0 Å². The summed E-state index contributed by atoms with van der Waals surface area (Å²) in [5, 5.41) is 3.36. The Bertz CT molecular complexity index is 587. The van der Waals surface area contributed by atoms with Crippen LogP contribution in [0.3, 0.4) is 0 Å². The first-order valence-electron chi connectivity index (χ1n) is 8.28. The second-order valence-corrected chi connectivity index (χ2v) is 5.96. The zero-order valence-electron chi connectivity index (χ0n) is 14.6. The molecule has 0 heterocycles. The van der Waals surface area contributed by atoms with E-state index in [1.807, 2.05) is 24.3 Å². The number of anilines is 1. The van der Waals surface area contributed by atoms with Gasteiger partial charge in [-0.15, -0.1) is 0 Å². The number of hydrogen-bond acceptors (Lipinski definition) is 3. The highest BCUT2D eigenvalue weighted by molar-refractivity contribution is 5.46. The van der Waals surface area contributed by atoms with Gasteiger partial charge in [-0.05, 0) is 74.7 Å². The Kier molecular flexibility index (Phi) is 6.33. The first-order valence-corrected chi connectivity index (χ1v) is 8.28. The molecule has 1 unspecified atom stereocenters. The average molecular weight is 313 g/mol. The van der Waals surface area contributed by atoms with Crippen molar-refractivity contribution in [3.8, 4) is 11.5 Å². The van der Waals surface area contributed by atoms with E-state index in [0.29, 0.717) is 6.61 Å². The fraction of sp³-hybridized carbons (Fsp3) is 0.400. The number of benzene rings is 2. The Morgan fingerprint density at radius 3 is 2.22 bits per heavy atom. The Labute approximate surface area is 139 Å². The summed E-state index contributed by atoms with van der Waals surface area (Å²) in [5.74, 6) is 1.85. The van der Waals surface area contributed by atoms with E-state index in [1.54, 1.807) is 0 Å². The summed E-state index contributed by atoms with van der Waals surface area (Å²) in [4.78, 5) is 0. The summed E-state index contributed by atoms with van der Waals surface area (Å²) in [7, 11) is 0. The zero-order chi connectivity index (χ0) is 16.7. The molecule has 0 radical (unpaired) electrons. The molecule has 0 amide bonds. The largest absolute Gasteiger partial charge is 0.492 e. The van der Waals surface area contributed by atoms with Crippen LogP contribution in [0.5, 0.6) is 11.5 Å². The van der Waals surface area contributed by atoms with Gasteiger partial charge < -0.3 is 14.8 Å². The van der Waals surface area contributed by atoms with Gasteiger partial charge in [0.25, 0.3) is 0 Å². The fourth-order valence-corrected chi connectivity index (χ4v) is 2.35. The molecule has 3 heteroatoms. The third-order valence-electron chi connectivity index (χ3n) is 3.66. The molecule has 0 saturated heterocycles. The van der Waals surface area contributed by atoms with Crippen molar-refractivity contribution in [3.63, 3.8) is 0 Å². The fourth-order valence-electron chi connectivity index (χ4n) is 2.35. The molecule has 0 fully saturated rings. The number of nitrogens with one attached hydrogen (secondary N) is 1. The maximum atomic E-state index is 5.79. The summed E-state index contributed by atoms with van der Waals surface area (Å²) in [6.07, 6.45) is 1.26. The zero-order valence-corrected chi connectivity index (χ0v) is 14.6. The molecule has 1 N–H and O–H groups in total. The SMILES string of the molecule is CCC(C)Oc1ccc(NCCOc2cc(C)cc(C)c2)cc1. The number of rotatable bonds is 8. The van der Waals surface area contributed by atoms with Crippen LogP contribution in [0.2, 0.25) is 0 Å². The lowest BCUT2D eigenvalue weighted by molar-refractivity contribution is 0.217. The molecule has 23 heavy (non-hydrogen) atoms. The van der Waals surface area contributed by atoms with E-state index in [1.165, 1.54) is 11.1 Å². The van der Waals surface area contributed by atoms with E-state index >= 15 is 0 Å². The molecule has 0 spiro atoms. The van der Waals surface area contributed by atoms with Crippen molar-refractivity contribution in [3.05, 3.63) is 53.6 Å². The lowest BCUT2D eigenvalue weighted by Gasteiger charge is -2.13. The van der Waals surface area contributed by atoms with Gasteiger partial charge in [-0.2, -0.15) is 0 Å². The third kappa shape index (κ3) is 5.85. The van der Waals surface area contributed by atoms with Crippen molar-refractivity contribution in [2.45, 2.75) is 40.2 Å². The van der Waals surface area contributed by atoms with Crippen molar-refractivity contribution in [1.82, 2.24) is 0 Å². The molecule has 0 aromatic heterocycles. The predicted octanol–water partition coefficient (Wildman–Crippen LogP) is 4.97. The van der Waals surface area contributed by atoms with Gasteiger partial charge in [0.15, 0.2) is 0 Å². The first kappa shape index (κ1) is 17.2. The topological polar surface area (TPSA) is 30.5 Å². The lowest BCUT2D eigenvalue weighted by atomic mass is 10.1. The van der Waals surface area contributed by atoms with Crippen LogP contribution in [0.4, 0.5) is 5.69 Å². The van der Waals surface area contributed by atoms with Gasteiger partial charge in [0, 0.05) is 12.2 Å². The minimum atomic E-state index is 0.250. The quantitative estimate of drug-likeness (QED) is 0.698. The lowest BCUT2D eigenvalue weighted by Crippen LogP contribution is -2.12. The maximum Gasteiger partial charge on any atom is 0.119 e. The molecule has 0 saturated carbocycles. The van der Waals surface area contributed by atoms with Crippen LogP contribution in [0, 0.1) is 13.8 Å². The van der Waals surface area contributed by atoms with Crippen LogP contribution in [0.1, 0.15) is 31.4 Å². The van der Waals surface area contributed by atoms with Crippen LogP contribution in [0.15, 0.2) is 42.5 Å². The van der Waals surface area contributed by atoms with Crippen LogP contribution in [-0.4, -0.2) is 19.3 Å². The Hall–Kier alpha value is -2.16. The molecular weight excluding hydrogens is 286 g/mol. The average Bonchev–Trinajstić information content (AvgIpc) is 2.52. The molecule has 0 bridgehead atoms. The summed E-state index contributed by atoms with van der Waals surface area (Å²) in [5.41, 5.74) is 3.53. The van der Waals surface area contributed by atoms with Crippen molar-refractivity contribution < 1.29 is 9.47 Å². The van der Waals surface area contributed by atoms with Gasteiger partial charge in [-0.3, -0.25) is 0 Å². The first-order chi connectivity index (χ1) is 11.1. The normalized spacial score (nSPS) is 11.8. The summed E-state index contributed by atoms with van der Waals surface area (Å²) in [6.45, 7) is 9.77. The Morgan fingerprint density at radius 2 is 1.61 bits per heavy atom. The minimum absolute atomic E-state index is 0.250. The monoisotopic (exact) mass is 313 g/mol. The number of hydrogen-bond donors (Lipinski definition) is 1. The van der Waals surface area contributed by atoms with Crippen molar-refractivity contribution in [2.24, 2.45) is 0 Å². The molecule has 124 valence electrons. The summed E-state index contributed by atoms with van der Waals surface area (Å²) in [6, 6.07) is 14.3. The molecule has 1 atom stereocenters. The molecule has 2 aromatic rings. The molecule has 2 rings (SSSR count). The Morgan fingerprint density at radius 1 is 0.957 bits per heavy atom. The van der Waals surface area contributed by atoms with E-state index in [-0.39, 0.29) is 6.10 Å². The van der Waals surface area contributed by atoms with Crippen LogP contribution < -0.4 is 14.8 Å².